The lowest BCUT2D eigenvalue weighted by Gasteiger charge is -2.22. The van der Waals surface area contributed by atoms with Crippen molar-refractivity contribution in [2.75, 3.05) is 61.0 Å². The second-order valence-corrected chi connectivity index (χ2v) is 11.3. The summed E-state index contributed by atoms with van der Waals surface area (Å²) in [5.41, 5.74) is 0. The van der Waals surface area contributed by atoms with Gasteiger partial charge in [0, 0.05) is 80.2 Å². The highest BCUT2D eigenvalue weighted by Crippen LogP contribution is 2.22. The summed E-state index contributed by atoms with van der Waals surface area (Å²) < 4.78 is 14.9. The Morgan fingerprint density at radius 1 is 0.500 bits per heavy atom. The van der Waals surface area contributed by atoms with Crippen molar-refractivity contribution in [3.63, 3.8) is 0 Å². The average molecular weight is 613 g/mol. The zero-order chi connectivity index (χ0) is 30.8. The summed E-state index contributed by atoms with van der Waals surface area (Å²) in [6.07, 6.45) is 3.91. The number of ketones is 3. The molecule has 0 aromatic carbocycles. The number of carbonyl (C=O) groups is 3. The molecule has 6 unspecified atom stereocenters. The molecule has 0 aromatic heterocycles. The summed E-state index contributed by atoms with van der Waals surface area (Å²) in [5, 5.41) is 27.5. The molecule has 0 aliphatic rings. The molecule has 0 saturated heterocycles. The fraction of sp³-hybridized carbons (Fsp3) is 0.909. The third-order valence-corrected chi connectivity index (χ3v) is 6.05. The maximum Gasteiger partial charge on any atom is 0.130 e. The first kappa shape index (κ1) is 53.3. The Morgan fingerprint density at radius 3 is 1.07 bits per heavy atom. The Morgan fingerprint density at radius 2 is 0.786 bits per heavy atom. The topological polar surface area (TPSA) is 140 Å². The molecule has 0 rings (SSSR count). The molecule has 0 aliphatic carbocycles. The number of rotatable bonds is 21. The van der Waals surface area contributed by atoms with Crippen molar-refractivity contribution in [3.8, 4) is 0 Å². The second-order valence-electron chi connectivity index (χ2n) is 11.3. The Kier molecular flexibility index (Phi) is 45.7. The van der Waals surface area contributed by atoms with Gasteiger partial charge in [-0.3, -0.25) is 0 Å². The van der Waals surface area contributed by atoms with E-state index in [4.69, 9.17) is 19.3 Å². The van der Waals surface area contributed by atoms with Crippen molar-refractivity contribution in [1.29, 1.82) is 0 Å². The average Bonchev–Trinajstić information content (AvgIpc) is 2.82. The molecule has 0 radical (unpaired) electrons. The highest BCUT2D eigenvalue weighted by Gasteiger charge is 2.19. The van der Waals surface area contributed by atoms with E-state index in [0.717, 1.165) is 12.8 Å². The maximum atomic E-state index is 11.0. The van der Waals surface area contributed by atoms with Crippen LogP contribution in [0.25, 0.3) is 0 Å². The van der Waals surface area contributed by atoms with E-state index in [9.17, 15) is 24.6 Å². The van der Waals surface area contributed by atoms with Crippen LogP contribution < -0.4 is 0 Å². The third kappa shape index (κ3) is 38.8. The van der Waals surface area contributed by atoms with Crippen molar-refractivity contribution >= 4 is 17.3 Å². The molecule has 0 spiro atoms. The summed E-state index contributed by atoms with van der Waals surface area (Å²) in [6.45, 7) is 13.1. The molecular weight excluding hydrogens is 540 g/mol. The Balaban J connectivity index is -0.000000117. The first-order valence-electron chi connectivity index (χ1n) is 14.1. The number of Topliss-reactive ketones (excluding diaryl/α,β-unsaturated/α-hetero) is 3. The highest BCUT2D eigenvalue weighted by molar-refractivity contribution is 5.76. The minimum atomic E-state index is -0.0283. The molecule has 9 heteroatoms. The first-order chi connectivity index (χ1) is 18.3. The molecule has 0 saturated carbocycles. The predicted molar refractivity (Wildman–Crippen MR) is 175 cm³/mol. The number of aliphatic hydroxyl groups is 3. The van der Waals surface area contributed by atoms with Crippen LogP contribution in [0.2, 0.25) is 0 Å². The van der Waals surface area contributed by atoms with Crippen LogP contribution in [0.5, 0.6) is 0 Å². The molecule has 0 aromatic rings. The monoisotopic (exact) mass is 613 g/mol. The minimum Gasteiger partial charge on any atom is -0.396 e. The third-order valence-electron chi connectivity index (χ3n) is 6.05. The van der Waals surface area contributed by atoms with Gasteiger partial charge < -0.3 is 43.9 Å². The van der Waals surface area contributed by atoms with Crippen LogP contribution in [-0.2, 0) is 28.6 Å². The van der Waals surface area contributed by atoms with E-state index in [2.05, 4.69) is 13.8 Å². The highest BCUT2D eigenvalue weighted by atomic mass is 16.5. The molecule has 6 atom stereocenters. The number of aliphatic hydroxyl groups excluding tert-OH is 3. The van der Waals surface area contributed by atoms with Crippen LogP contribution in [0.3, 0.4) is 0 Å². The summed E-state index contributed by atoms with van der Waals surface area (Å²) in [7, 11) is 4.97. The number of ether oxygens (including phenoxy) is 3. The standard InChI is InChI=1S/C13H26O4.C10H20O3.C7H14O2.3CH4/c1-10(9-17-3)4-12(7-14)6-13(8-15)5-11(2)16;1-8(7-13-3)4-10(6-11)5-9(2)12;1-6(5-9-3)4-7(2)8;;;/h10,12-15H,4-9H2,1-3H3;8,10-11H,4-7H2,1-3H3;6H,4-5H2,1-3H3;3*1H4. The fourth-order valence-electron chi connectivity index (χ4n) is 4.65. The quantitative estimate of drug-likeness (QED) is 0.150. The van der Waals surface area contributed by atoms with Gasteiger partial charge in [0.25, 0.3) is 0 Å². The Hall–Kier alpha value is -1.23. The number of methoxy groups -OCH3 is 3. The lowest BCUT2D eigenvalue weighted by Crippen LogP contribution is -2.20. The van der Waals surface area contributed by atoms with Crippen molar-refractivity contribution in [2.45, 2.75) is 102 Å². The lowest BCUT2D eigenvalue weighted by molar-refractivity contribution is -0.119. The molecule has 9 nitrogen and oxygen atoms in total. The maximum absolute atomic E-state index is 11.0. The largest absolute Gasteiger partial charge is 0.396 e. The van der Waals surface area contributed by atoms with Gasteiger partial charge in [-0.05, 0) is 75.5 Å². The van der Waals surface area contributed by atoms with Gasteiger partial charge in [0.15, 0.2) is 0 Å². The van der Waals surface area contributed by atoms with E-state index in [1.165, 1.54) is 6.92 Å². The van der Waals surface area contributed by atoms with E-state index >= 15 is 0 Å². The Labute approximate surface area is 260 Å². The zero-order valence-corrected chi connectivity index (χ0v) is 26.2. The lowest BCUT2D eigenvalue weighted by atomic mass is 9.86. The van der Waals surface area contributed by atoms with Gasteiger partial charge in [0.05, 0.1) is 0 Å². The van der Waals surface area contributed by atoms with Crippen molar-refractivity contribution in [1.82, 2.24) is 0 Å². The molecular formula is C33H72O9. The number of carbonyl (C=O) groups excluding carboxylic acids is 3. The second kappa shape index (κ2) is 36.0. The fourth-order valence-corrected chi connectivity index (χ4v) is 4.65. The van der Waals surface area contributed by atoms with Gasteiger partial charge >= 0.3 is 0 Å². The SMILES string of the molecule is C.C.C.COCC(C)CC(C)=O.COCC(C)CC(CO)CC(C)=O.COCC(C)CC(CO)CC(CO)CC(C)=O. The van der Waals surface area contributed by atoms with Crippen LogP contribution in [0.1, 0.15) is 102 Å². The van der Waals surface area contributed by atoms with Gasteiger partial charge in [-0.2, -0.15) is 0 Å². The molecule has 42 heavy (non-hydrogen) atoms. The predicted octanol–water partition coefficient (Wildman–Crippen LogP) is 5.65. The van der Waals surface area contributed by atoms with Gasteiger partial charge in [-0.15, -0.1) is 0 Å². The van der Waals surface area contributed by atoms with E-state index < -0.39 is 0 Å². The zero-order valence-electron chi connectivity index (χ0n) is 26.2. The van der Waals surface area contributed by atoms with Crippen LogP contribution in [0.15, 0.2) is 0 Å². The summed E-state index contributed by atoms with van der Waals surface area (Å²) in [5.74, 6) is 1.83. The Bertz CT molecular complexity index is 598. The van der Waals surface area contributed by atoms with Crippen LogP contribution >= 0.6 is 0 Å². The first-order valence-corrected chi connectivity index (χ1v) is 14.1. The molecule has 0 fully saturated rings. The van der Waals surface area contributed by atoms with Crippen LogP contribution in [-0.4, -0.2) is 93.6 Å². The van der Waals surface area contributed by atoms with Gasteiger partial charge in [0.1, 0.15) is 17.3 Å². The molecule has 0 heterocycles. The van der Waals surface area contributed by atoms with E-state index in [-0.39, 0.29) is 77.2 Å². The van der Waals surface area contributed by atoms with Crippen molar-refractivity contribution in [2.24, 2.45) is 35.5 Å². The molecule has 0 bridgehead atoms. The van der Waals surface area contributed by atoms with E-state index in [1.54, 1.807) is 35.2 Å². The molecule has 258 valence electrons. The van der Waals surface area contributed by atoms with Crippen LogP contribution in [0.4, 0.5) is 0 Å². The summed E-state index contributed by atoms with van der Waals surface area (Å²) >= 11 is 0. The molecule has 0 aliphatic heterocycles. The normalized spacial score (nSPS) is 14.3. The van der Waals surface area contributed by atoms with Gasteiger partial charge in [0.2, 0.25) is 0 Å². The molecule has 3 N–H and O–H groups in total. The van der Waals surface area contributed by atoms with Gasteiger partial charge in [-0.25, -0.2) is 0 Å². The van der Waals surface area contributed by atoms with E-state index in [1.807, 2.05) is 6.92 Å². The minimum absolute atomic E-state index is 0. The summed E-state index contributed by atoms with van der Waals surface area (Å²) in [4.78, 5) is 32.3. The van der Waals surface area contributed by atoms with Crippen molar-refractivity contribution < 1.29 is 43.9 Å². The van der Waals surface area contributed by atoms with Crippen molar-refractivity contribution in [3.05, 3.63) is 0 Å². The van der Waals surface area contributed by atoms with Crippen LogP contribution in [0, 0.1) is 35.5 Å². The van der Waals surface area contributed by atoms with E-state index in [0.29, 0.717) is 63.3 Å². The number of hydrogen-bond acceptors (Lipinski definition) is 9. The van der Waals surface area contributed by atoms with Gasteiger partial charge in [-0.1, -0.05) is 43.1 Å². The smallest absolute Gasteiger partial charge is 0.130 e. The number of hydrogen-bond donors (Lipinski definition) is 3. The molecule has 0 amide bonds. The summed E-state index contributed by atoms with van der Waals surface area (Å²) in [6, 6.07) is 0.